The Hall–Kier alpha value is -1.76. The molecule has 2 heterocycles. The molecule has 0 aliphatic carbocycles. The molecule has 0 radical (unpaired) electrons. The Bertz CT molecular complexity index is 511. The molecule has 0 saturated carbocycles. The topological polar surface area (TPSA) is 62.6 Å². The summed E-state index contributed by atoms with van der Waals surface area (Å²) in [6.07, 6.45) is 0.398. The molecule has 1 N–H and O–H groups in total. The summed E-state index contributed by atoms with van der Waals surface area (Å²) >= 11 is 0. The van der Waals surface area contributed by atoms with Gasteiger partial charge < -0.3 is 9.73 Å². The van der Waals surface area contributed by atoms with Crippen LogP contribution >= 0.6 is 0 Å². The molecule has 0 aromatic carbocycles. The monoisotopic (exact) mass is 328 g/mol. The molecule has 128 valence electrons. The Kier molecular flexibility index (Phi) is 6.27. The predicted molar refractivity (Wildman–Crippen MR) is 80.4 cm³/mol. The molecular formula is C16H22F2N2O3. The largest absolute Gasteiger partial charge is 0.461 e. The molecule has 1 saturated heterocycles. The molecular weight excluding hydrogens is 306 g/mol. The fourth-order valence-corrected chi connectivity index (χ4v) is 2.80. The van der Waals surface area contributed by atoms with Crippen molar-refractivity contribution in [1.82, 2.24) is 10.2 Å². The predicted octanol–water partition coefficient (Wildman–Crippen LogP) is 2.33. The molecule has 1 fully saturated rings. The van der Waals surface area contributed by atoms with Crippen molar-refractivity contribution in [3.05, 3.63) is 24.2 Å². The quantitative estimate of drug-likeness (QED) is 0.781. The smallest absolute Gasteiger partial charge is 0.251 e. The average Bonchev–Trinajstić information content (AvgIpc) is 3.01. The Morgan fingerprint density at radius 1 is 1.39 bits per heavy atom. The van der Waals surface area contributed by atoms with E-state index in [1.165, 1.54) is 6.26 Å². The van der Waals surface area contributed by atoms with Crippen LogP contribution in [0.3, 0.4) is 0 Å². The van der Waals surface area contributed by atoms with Crippen molar-refractivity contribution in [2.24, 2.45) is 5.92 Å². The number of Topliss-reactive ketones (excluding diaryl/α,β-unsaturated/α-hetero) is 1. The number of piperidine rings is 1. The number of furan rings is 1. The molecule has 23 heavy (non-hydrogen) atoms. The van der Waals surface area contributed by atoms with Crippen LogP contribution in [0.4, 0.5) is 8.78 Å². The minimum absolute atomic E-state index is 0.110. The average molecular weight is 328 g/mol. The van der Waals surface area contributed by atoms with E-state index >= 15 is 0 Å². The zero-order valence-electron chi connectivity index (χ0n) is 13.1. The third kappa shape index (κ3) is 5.42. The van der Waals surface area contributed by atoms with Crippen LogP contribution in [0.1, 0.15) is 36.7 Å². The van der Waals surface area contributed by atoms with Gasteiger partial charge in [-0.05, 0) is 45.0 Å². The van der Waals surface area contributed by atoms with E-state index in [2.05, 4.69) is 5.32 Å². The van der Waals surface area contributed by atoms with E-state index < -0.39 is 6.43 Å². The zero-order valence-corrected chi connectivity index (χ0v) is 13.1. The minimum atomic E-state index is -2.34. The van der Waals surface area contributed by atoms with Crippen LogP contribution in [0, 0.1) is 5.92 Å². The molecule has 0 spiro atoms. The third-order valence-electron chi connectivity index (χ3n) is 4.03. The van der Waals surface area contributed by atoms with Gasteiger partial charge >= 0.3 is 0 Å². The van der Waals surface area contributed by atoms with Crippen molar-refractivity contribution in [3.63, 3.8) is 0 Å². The van der Waals surface area contributed by atoms with Gasteiger partial charge in [-0.25, -0.2) is 8.78 Å². The van der Waals surface area contributed by atoms with Gasteiger partial charge in [0.2, 0.25) is 5.91 Å². The number of amides is 1. The highest BCUT2D eigenvalue weighted by Gasteiger charge is 2.27. The van der Waals surface area contributed by atoms with E-state index in [0.717, 1.165) is 0 Å². The van der Waals surface area contributed by atoms with Crippen LogP contribution in [0.5, 0.6) is 0 Å². The van der Waals surface area contributed by atoms with Crippen molar-refractivity contribution in [2.75, 3.05) is 19.6 Å². The molecule has 5 nitrogen and oxygen atoms in total. The molecule has 1 unspecified atom stereocenters. The molecule has 1 aliphatic heterocycles. The van der Waals surface area contributed by atoms with E-state index in [4.69, 9.17) is 4.42 Å². The van der Waals surface area contributed by atoms with Gasteiger partial charge in [-0.1, -0.05) is 0 Å². The maximum Gasteiger partial charge on any atom is 0.251 e. The number of hydrogen-bond acceptors (Lipinski definition) is 4. The number of rotatable bonds is 7. The second-order valence-corrected chi connectivity index (χ2v) is 5.98. The van der Waals surface area contributed by atoms with Crippen LogP contribution < -0.4 is 5.32 Å². The summed E-state index contributed by atoms with van der Waals surface area (Å²) in [4.78, 5) is 25.8. The van der Waals surface area contributed by atoms with Gasteiger partial charge in [-0.15, -0.1) is 0 Å². The first kappa shape index (κ1) is 17.6. The van der Waals surface area contributed by atoms with Crippen molar-refractivity contribution in [2.45, 2.75) is 38.7 Å². The van der Waals surface area contributed by atoms with Crippen molar-refractivity contribution >= 4 is 11.7 Å². The van der Waals surface area contributed by atoms with Crippen LogP contribution in [0.2, 0.25) is 0 Å². The van der Waals surface area contributed by atoms with Gasteiger partial charge in [0.1, 0.15) is 0 Å². The standard InChI is InChI=1S/C16H22F2N2O3/c1-11(9-13(21)14-3-2-8-23-14)19-16(22)12-4-6-20(7-5-12)10-15(17)18/h2-3,8,11-12,15H,4-7,9-10H2,1H3,(H,19,22). The highest BCUT2D eigenvalue weighted by atomic mass is 19.3. The highest BCUT2D eigenvalue weighted by Crippen LogP contribution is 2.18. The van der Waals surface area contributed by atoms with E-state index in [1.807, 2.05) is 0 Å². The Labute approximate surface area is 134 Å². The summed E-state index contributed by atoms with van der Waals surface area (Å²) in [5.74, 6) is -0.160. The third-order valence-corrected chi connectivity index (χ3v) is 4.03. The molecule has 1 aromatic heterocycles. The summed E-state index contributed by atoms with van der Waals surface area (Å²) in [6, 6.07) is 2.94. The fraction of sp³-hybridized carbons (Fsp3) is 0.625. The number of carbonyl (C=O) groups excluding carboxylic acids is 2. The van der Waals surface area contributed by atoms with E-state index in [9.17, 15) is 18.4 Å². The maximum absolute atomic E-state index is 12.3. The van der Waals surface area contributed by atoms with E-state index in [1.54, 1.807) is 24.0 Å². The highest BCUT2D eigenvalue weighted by molar-refractivity contribution is 5.94. The van der Waals surface area contributed by atoms with Gasteiger partial charge in [0.15, 0.2) is 11.5 Å². The first-order chi connectivity index (χ1) is 11.0. The summed E-state index contributed by atoms with van der Waals surface area (Å²) in [7, 11) is 0. The van der Waals surface area contributed by atoms with Crippen molar-refractivity contribution in [1.29, 1.82) is 0 Å². The van der Waals surface area contributed by atoms with Gasteiger partial charge in [0.25, 0.3) is 6.43 Å². The van der Waals surface area contributed by atoms with Crippen molar-refractivity contribution in [3.8, 4) is 0 Å². The lowest BCUT2D eigenvalue weighted by atomic mass is 9.95. The molecule has 1 amide bonds. The summed E-state index contributed by atoms with van der Waals surface area (Å²) < 4.78 is 29.7. The van der Waals surface area contributed by atoms with Crippen LogP contribution in [-0.2, 0) is 4.79 Å². The van der Waals surface area contributed by atoms with Crippen molar-refractivity contribution < 1.29 is 22.8 Å². The SMILES string of the molecule is CC(CC(=O)c1ccco1)NC(=O)C1CCN(CC(F)F)CC1. The second-order valence-electron chi connectivity index (χ2n) is 5.98. The number of likely N-dealkylation sites (tertiary alicyclic amines) is 1. The maximum atomic E-state index is 12.3. The van der Waals surface area contributed by atoms with Crippen LogP contribution in [0.25, 0.3) is 0 Å². The lowest BCUT2D eigenvalue weighted by Gasteiger charge is -2.31. The summed E-state index contributed by atoms with van der Waals surface area (Å²) in [5.41, 5.74) is 0. The normalized spacial score (nSPS) is 18.1. The minimum Gasteiger partial charge on any atom is -0.461 e. The van der Waals surface area contributed by atoms with Gasteiger partial charge in [0, 0.05) is 18.4 Å². The Morgan fingerprint density at radius 3 is 2.65 bits per heavy atom. The molecule has 2 rings (SSSR count). The second kappa shape index (κ2) is 8.19. The number of alkyl halides is 2. The van der Waals surface area contributed by atoms with Gasteiger partial charge in [-0.3, -0.25) is 14.5 Å². The summed E-state index contributed by atoms with van der Waals surface area (Å²) in [5, 5.41) is 2.83. The van der Waals surface area contributed by atoms with Gasteiger partial charge in [-0.2, -0.15) is 0 Å². The van der Waals surface area contributed by atoms with E-state index in [0.29, 0.717) is 25.9 Å². The fourth-order valence-electron chi connectivity index (χ4n) is 2.80. The first-order valence-electron chi connectivity index (χ1n) is 7.83. The Morgan fingerprint density at radius 2 is 2.09 bits per heavy atom. The Balaban J connectivity index is 1.73. The summed E-state index contributed by atoms with van der Waals surface area (Å²) in [6.45, 7) is 2.54. The molecule has 1 aromatic rings. The lowest BCUT2D eigenvalue weighted by Crippen LogP contribution is -2.44. The number of nitrogens with one attached hydrogen (secondary N) is 1. The van der Waals surface area contributed by atoms with Crippen LogP contribution in [0.15, 0.2) is 22.8 Å². The molecule has 7 heteroatoms. The van der Waals surface area contributed by atoms with Crippen LogP contribution in [-0.4, -0.2) is 48.7 Å². The van der Waals surface area contributed by atoms with E-state index in [-0.39, 0.29) is 42.4 Å². The number of ketones is 1. The zero-order chi connectivity index (χ0) is 16.8. The molecule has 0 bridgehead atoms. The molecule has 1 aliphatic rings. The first-order valence-corrected chi connectivity index (χ1v) is 7.83. The number of halogens is 2. The molecule has 1 atom stereocenters. The van der Waals surface area contributed by atoms with Gasteiger partial charge in [0.05, 0.1) is 12.8 Å². The lowest BCUT2D eigenvalue weighted by molar-refractivity contribution is -0.127. The number of nitrogens with zero attached hydrogens (tertiary/aromatic N) is 1. The number of hydrogen-bond donors (Lipinski definition) is 1. The number of carbonyl (C=O) groups is 2.